The summed E-state index contributed by atoms with van der Waals surface area (Å²) < 4.78 is 3.63. The standard InChI is InChI=1S/C21H23N7O/c1-2-3-11-27-14-22-18-13-17(9-10-19(18)27)24-21(29)20(28-15-23-25-26-28)12-16-7-5-4-6-8-16/h4-10,13-15,20H,2-3,11-12H2,1H3,(H,24,29)/t20-/m1/s1. The van der Waals surface area contributed by atoms with E-state index >= 15 is 0 Å². The van der Waals surface area contributed by atoms with Crippen molar-refractivity contribution in [2.75, 3.05) is 5.32 Å². The maximum absolute atomic E-state index is 13.0. The van der Waals surface area contributed by atoms with E-state index in [4.69, 9.17) is 0 Å². The number of hydrogen-bond acceptors (Lipinski definition) is 5. The highest BCUT2D eigenvalue weighted by atomic mass is 16.2. The van der Waals surface area contributed by atoms with E-state index in [0.717, 1.165) is 36.0 Å². The van der Waals surface area contributed by atoms with E-state index in [2.05, 4.69) is 37.3 Å². The summed E-state index contributed by atoms with van der Waals surface area (Å²) in [6, 6.07) is 15.1. The Labute approximate surface area is 168 Å². The molecule has 0 aliphatic rings. The summed E-state index contributed by atoms with van der Waals surface area (Å²) in [5.74, 6) is -0.175. The monoisotopic (exact) mass is 389 g/mol. The number of unbranched alkanes of at least 4 members (excludes halogenated alkanes) is 1. The number of aromatic nitrogens is 6. The van der Waals surface area contributed by atoms with E-state index < -0.39 is 6.04 Å². The number of benzene rings is 2. The molecular formula is C21H23N7O. The second-order valence-electron chi connectivity index (χ2n) is 6.98. The van der Waals surface area contributed by atoms with Gasteiger partial charge in [0.25, 0.3) is 0 Å². The number of tetrazole rings is 1. The van der Waals surface area contributed by atoms with Crippen molar-refractivity contribution < 1.29 is 4.79 Å². The van der Waals surface area contributed by atoms with Crippen molar-refractivity contribution in [3.63, 3.8) is 0 Å². The van der Waals surface area contributed by atoms with Gasteiger partial charge >= 0.3 is 0 Å². The van der Waals surface area contributed by atoms with Crippen molar-refractivity contribution in [1.29, 1.82) is 0 Å². The molecule has 29 heavy (non-hydrogen) atoms. The summed E-state index contributed by atoms with van der Waals surface area (Å²) in [6.07, 6.45) is 6.05. The Hall–Kier alpha value is -3.55. The van der Waals surface area contributed by atoms with Gasteiger partial charge in [-0.15, -0.1) is 5.10 Å². The van der Waals surface area contributed by atoms with E-state index in [1.54, 1.807) is 0 Å². The molecule has 0 bridgehead atoms. The molecule has 0 aliphatic heterocycles. The fourth-order valence-corrected chi connectivity index (χ4v) is 3.33. The summed E-state index contributed by atoms with van der Waals surface area (Å²) in [4.78, 5) is 17.5. The quantitative estimate of drug-likeness (QED) is 0.500. The molecule has 4 rings (SSSR count). The molecule has 148 valence electrons. The van der Waals surface area contributed by atoms with Crippen LogP contribution in [0.15, 0.2) is 61.2 Å². The molecule has 0 fully saturated rings. The predicted octanol–water partition coefficient (Wildman–Crippen LogP) is 3.25. The lowest BCUT2D eigenvalue weighted by atomic mass is 10.1. The van der Waals surface area contributed by atoms with Crippen molar-refractivity contribution in [2.45, 2.75) is 38.8 Å². The molecule has 2 heterocycles. The molecule has 0 aliphatic carbocycles. The number of carbonyl (C=O) groups excluding carboxylic acids is 1. The van der Waals surface area contributed by atoms with E-state index in [1.807, 2.05) is 54.9 Å². The van der Waals surface area contributed by atoms with E-state index in [9.17, 15) is 4.79 Å². The minimum Gasteiger partial charge on any atom is -0.331 e. The molecule has 8 heteroatoms. The number of anilines is 1. The van der Waals surface area contributed by atoms with Crippen LogP contribution in [0, 0.1) is 0 Å². The number of nitrogens with zero attached hydrogens (tertiary/aromatic N) is 6. The van der Waals surface area contributed by atoms with Crippen LogP contribution in [-0.2, 0) is 17.8 Å². The Morgan fingerprint density at radius 2 is 2.00 bits per heavy atom. The third-order valence-corrected chi connectivity index (χ3v) is 4.90. The number of aryl methyl sites for hydroxylation is 1. The second-order valence-corrected chi connectivity index (χ2v) is 6.98. The van der Waals surface area contributed by atoms with Crippen molar-refractivity contribution >= 4 is 22.6 Å². The van der Waals surface area contributed by atoms with Gasteiger partial charge in [-0.3, -0.25) is 4.79 Å². The topological polar surface area (TPSA) is 90.5 Å². The first kappa shape index (κ1) is 18.8. The maximum Gasteiger partial charge on any atom is 0.249 e. The number of carbonyl (C=O) groups is 1. The molecule has 1 atom stereocenters. The lowest BCUT2D eigenvalue weighted by Gasteiger charge is -2.16. The fraction of sp³-hybridized carbons (Fsp3) is 0.286. The van der Waals surface area contributed by atoms with Gasteiger partial charge < -0.3 is 9.88 Å². The van der Waals surface area contributed by atoms with Crippen LogP contribution >= 0.6 is 0 Å². The van der Waals surface area contributed by atoms with Crippen molar-refractivity contribution in [3.8, 4) is 0 Å². The first-order valence-electron chi connectivity index (χ1n) is 9.76. The lowest BCUT2D eigenvalue weighted by molar-refractivity contribution is -0.119. The van der Waals surface area contributed by atoms with Gasteiger partial charge in [-0.05, 0) is 40.6 Å². The number of imidazole rings is 1. The van der Waals surface area contributed by atoms with Gasteiger partial charge in [0.05, 0.1) is 17.4 Å². The first-order valence-corrected chi connectivity index (χ1v) is 9.76. The number of rotatable bonds is 8. The Balaban J connectivity index is 1.54. The second kappa shape index (κ2) is 8.64. The highest BCUT2D eigenvalue weighted by molar-refractivity contribution is 5.95. The van der Waals surface area contributed by atoms with Crippen LogP contribution in [0.25, 0.3) is 11.0 Å². The zero-order chi connectivity index (χ0) is 20.1. The minimum atomic E-state index is -0.551. The zero-order valence-corrected chi connectivity index (χ0v) is 16.3. The van der Waals surface area contributed by atoms with Gasteiger partial charge in [-0.2, -0.15) is 0 Å². The average Bonchev–Trinajstić information content (AvgIpc) is 3.41. The molecule has 2 aromatic carbocycles. The number of nitrogens with one attached hydrogen (secondary N) is 1. The van der Waals surface area contributed by atoms with Gasteiger partial charge in [0, 0.05) is 18.7 Å². The largest absolute Gasteiger partial charge is 0.331 e. The Morgan fingerprint density at radius 1 is 1.14 bits per heavy atom. The van der Waals surface area contributed by atoms with Crippen LogP contribution in [-0.4, -0.2) is 35.7 Å². The smallest absolute Gasteiger partial charge is 0.249 e. The lowest BCUT2D eigenvalue weighted by Crippen LogP contribution is -2.28. The van der Waals surface area contributed by atoms with Crippen molar-refractivity contribution in [1.82, 2.24) is 29.8 Å². The molecule has 0 saturated carbocycles. The van der Waals surface area contributed by atoms with E-state index in [-0.39, 0.29) is 5.91 Å². The number of hydrogen-bond donors (Lipinski definition) is 1. The normalized spacial score (nSPS) is 12.2. The molecule has 0 saturated heterocycles. The molecular weight excluding hydrogens is 366 g/mol. The van der Waals surface area contributed by atoms with Gasteiger partial charge in [0.1, 0.15) is 12.4 Å². The van der Waals surface area contributed by atoms with Gasteiger partial charge in [-0.25, -0.2) is 9.67 Å². The third-order valence-electron chi connectivity index (χ3n) is 4.90. The van der Waals surface area contributed by atoms with Crippen molar-refractivity contribution in [2.24, 2.45) is 0 Å². The first-order chi connectivity index (χ1) is 14.2. The molecule has 1 N–H and O–H groups in total. The summed E-state index contributed by atoms with van der Waals surface area (Å²) in [5, 5.41) is 14.3. The van der Waals surface area contributed by atoms with E-state index in [1.165, 1.54) is 11.0 Å². The SMILES string of the molecule is CCCCn1cnc2cc(NC(=O)[C@@H](Cc3ccccc3)n3cnnn3)ccc21. The molecule has 0 spiro atoms. The predicted molar refractivity (Wildman–Crippen MR) is 110 cm³/mol. The van der Waals surface area contributed by atoms with E-state index in [0.29, 0.717) is 12.1 Å². The molecule has 0 radical (unpaired) electrons. The maximum atomic E-state index is 13.0. The summed E-state index contributed by atoms with van der Waals surface area (Å²) in [5.41, 5.74) is 3.67. The Morgan fingerprint density at radius 3 is 2.76 bits per heavy atom. The zero-order valence-electron chi connectivity index (χ0n) is 16.3. The Kier molecular flexibility index (Phi) is 5.60. The summed E-state index contributed by atoms with van der Waals surface area (Å²) in [6.45, 7) is 3.11. The summed E-state index contributed by atoms with van der Waals surface area (Å²) >= 11 is 0. The van der Waals surface area contributed by atoms with Crippen LogP contribution in [0.5, 0.6) is 0 Å². The fourth-order valence-electron chi connectivity index (χ4n) is 3.33. The van der Waals surface area contributed by atoms with Crippen LogP contribution in [0.4, 0.5) is 5.69 Å². The average molecular weight is 389 g/mol. The minimum absolute atomic E-state index is 0.175. The van der Waals surface area contributed by atoms with Crippen LogP contribution in [0.3, 0.4) is 0 Å². The van der Waals surface area contributed by atoms with Gasteiger partial charge in [-0.1, -0.05) is 43.7 Å². The summed E-state index contributed by atoms with van der Waals surface area (Å²) in [7, 11) is 0. The molecule has 0 unspecified atom stereocenters. The van der Waals surface area contributed by atoms with Crippen LogP contribution in [0.1, 0.15) is 31.4 Å². The number of amides is 1. The van der Waals surface area contributed by atoms with Crippen molar-refractivity contribution in [3.05, 3.63) is 66.7 Å². The molecule has 4 aromatic rings. The highest BCUT2D eigenvalue weighted by Crippen LogP contribution is 2.21. The van der Waals surface area contributed by atoms with Gasteiger partial charge in [0.2, 0.25) is 5.91 Å². The van der Waals surface area contributed by atoms with Gasteiger partial charge in [0.15, 0.2) is 0 Å². The van der Waals surface area contributed by atoms with Crippen LogP contribution in [0.2, 0.25) is 0 Å². The molecule has 1 amide bonds. The van der Waals surface area contributed by atoms with Crippen LogP contribution < -0.4 is 5.32 Å². The molecule has 8 nitrogen and oxygen atoms in total. The molecule has 2 aromatic heterocycles. The third kappa shape index (κ3) is 4.31. The highest BCUT2D eigenvalue weighted by Gasteiger charge is 2.22. The Bertz CT molecular complexity index is 1070. The number of fused-ring (bicyclic) bond motifs is 1.